The molecule has 0 saturated heterocycles. The maximum Gasteiger partial charge on any atom is 0.276 e. The van der Waals surface area contributed by atoms with Crippen LogP contribution in [-0.4, -0.2) is 25.0 Å². The highest BCUT2D eigenvalue weighted by Gasteiger charge is 2.14. The van der Waals surface area contributed by atoms with Gasteiger partial charge in [0.25, 0.3) is 11.8 Å². The number of carbonyl (C=O) groups excluding carboxylic acids is 2. The summed E-state index contributed by atoms with van der Waals surface area (Å²) in [6, 6.07) is 14.4. The van der Waals surface area contributed by atoms with E-state index >= 15 is 0 Å². The van der Waals surface area contributed by atoms with Crippen molar-refractivity contribution in [3.05, 3.63) is 72.3 Å². The Morgan fingerprint density at radius 1 is 1.04 bits per heavy atom. The van der Waals surface area contributed by atoms with Gasteiger partial charge in [-0.15, -0.1) is 0 Å². The van der Waals surface area contributed by atoms with Crippen LogP contribution in [-0.2, 0) is 4.79 Å². The molecule has 28 heavy (non-hydrogen) atoms. The Hall–Kier alpha value is -3.28. The number of hydrazine groups is 1. The zero-order valence-corrected chi connectivity index (χ0v) is 16.2. The van der Waals surface area contributed by atoms with Crippen molar-refractivity contribution in [2.24, 2.45) is 0 Å². The lowest BCUT2D eigenvalue weighted by atomic mass is 9.98. The van der Waals surface area contributed by atoms with Crippen molar-refractivity contribution in [2.45, 2.75) is 26.2 Å². The number of hydrogen-bond donors (Lipinski definition) is 2. The van der Waals surface area contributed by atoms with Crippen LogP contribution in [0, 0.1) is 0 Å². The molecule has 0 aromatic heterocycles. The molecule has 0 saturated carbocycles. The van der Waals surface area contributed by atoms with Crippen LogP contribution in [0.25, 0.3) is 0 Å². The zero-order chi connectivity index (χ0) is 20.4. The van der Waals surface area contributed by atoms with Crippen molar-refractivity contribution < 1.29 is 19.1 Å². The van der Waals surface area contributed by atoms with Crippen molar-refractivity contribution in [3.8, 4) is 11.5 Å². The molecule has 148 valence electrons. The predicted molar refractivity (Wildman–Crippen MR) is 108 cm³/mol. The highest BCUT2D eigenvalue weighted by Crippen LogP contribution is 2.28. The lowest BCUT2D eigenvalue weighted by Gasteiger charge is -2.16. The largest absolute Gasteiger partial charge is 0.489 e. The van der Waals surface area contributed by atoms with E-state index in [1.54, 1.807) is 30.3 Å². The van der Waals surface area contributed by atoms with Crippen LogP contribution in [0.5, 0.6) is 11.5 Å². The van der Waals surface area contributed by atoms with Crippen LogP contribution >= 0.6 is 0 Å². The monoisotopic (exact) mass is 382 g/mol. The van der Waals surface area contributed by atoms with Crippen LogP contribution in [0.3, 0.4) is 0 Å². The quantitative estimate of drug-likeness (QED) is 0.513. The fourth-order valence-corrected chi connectivity index (χ4v) is 2.54. The van der Waals surface area contributed by atoms with Gasteiger partial charge < -0.3 is 9.47 Å². The Morgan fingerprint density at radius 3 is 2.43 bits per heavy atom. The first kappa shape index (κ1) is 21.0. The minimum Gasteiger partial charge on any atom is -0.489 e. The number of nitrogens with one attached hydrogen (secondary N) is 2. The van der Waals surface area contributed by atoms with E-state index in [1.807, 2.05) is 24.3 Å². The van der Waals surface area contributed by atoms with Gasteiger partial charge in [-0.2, -0.15) is 0 Å². The van der Waals surface area contributed by atoms with Gasteiger partial charge in [-0.3, -0.25) is 20.4 Å². The third-order valence-electron chi connectivity index (χ3n) is 4.22. The Morgan fingerprint density at radius 2 is 1.71 bits per heavy atom. The minimum absolute atomic E-state index is 0.206. The normalized spacial score (nSPS) is 11.2. The van der Waals surface area contributed by atoms with Crippen LogP contribution < -0.4 is 20.3 Å². The molecule has 0 radical (unpaired) electrons. The van der Waals surface area contributed by atoms with Gasteiger partial charge in [-0.1, -0.05) is 56.8 Å². The average Bonchev–Trinajstić information content (AvgIpc) is 2.74. The molecule has 0 fully saturated rings. The van der Waals surface area contributed by atoms with Crippen molar-refractivity contribution >= 4 is 11.8 Å². The summed E-state index contributed by atoms with van der Waals surface area (Å²) in [5, 5.41) is 0. The third-order valence-corrected chi connectivity index (χ3v) is 4.22. The van der Waals surface area contributed by atoms with Gasteiger partial charge in [0.1, 0.15) is 18.1 Å². The number of hydrogen-bond acceptors (Lipinski definition) is 4. The van der Waals surface area contributed by atoms with E-state index in [9.17, 15) is 9.59 Å². The average molecular weight is 382 g/mol. The lowest BCUT2D eigenvalue weighted by molar-refractivity contribution is -0.123. The maximum atomic E-state index is 12.3. The molecule has 2 rings (SSSR count). The molecule has 2 amide bonds. The number of amides is 2. The molecular weight excluding hydrogens is 356 g/mol. The fourth-order valence-electron chi connectivity index (χ4n) is 2.54. The Bertz CT molecular complexity index is 820. The van der Waals surface area contributed by atoms with E-state index in [2.05, 4.69) is 31.3 Å². The standard InChI is InChI=1S/C22H26N2O4/c1-4-14-27-20-13-9-7-11-18(20)22(26)24-23-21(25)15-28-19-12-8-6-10-17(19)16(3)5-2/h4,6-13,16H,1,5,14-15H2,2-3H3,(H,23,25)(H,24,26). The van der Waals surface area contributed by atoms with Crippen LogP contribution in [0.15, 0.2) is 61.2 Å². The number of benzene rings is 2. The van der Waals surface area contributed by atoms with Crippen LogP contribution in [0.1, 0.15) is 42.1 Å². The van der Waals surface area contributed by atoms with Crippen LogP contribution in [0.2, 0.25) is 0 Å². The van der Waals surface area contributed by atoms with Crippen molar-refractivity contribution in [1.82, 2.24) is 10.9 Å². The molecule has 0 heterocycles. The first-order valence-electron chi connectivity index (χ1n) is 9.20. The summed E-state index contributed by atoms with van der Waals surface area (Å²) < 4.78 is 11.1. The summed E-state index contributed by atoms with van der Waals surface area (Å²) in [6.07, 6.45) is 2.56. The van der Waals surface area contributed by atoms with Crippen molar-refractivity contribution in [3.63, 3.8) is 0 Å². The topological polar surface area (TPSA) is 76.7 Å². The SMILES string of the molecule is C=CCOc1ccccc1C(=O)NNC(=O)COc1ccccc1C(C)CC. The molecule has 1 atom stereocenters. The highest BCUT2D eigenvalue weighted by atomic mass is 16.5. The highest BCUT2D eigenvalue weighted by molar-refractivity contribution is 5.97. The molecule has 0 spiro atoms. The van der Waals surface area contributed by atoms with Gasteiger partial charge >= 0.3 is 0 Å². The Balaban J connectivity index is 1.90. The second-order valence-corrected chi connectivity index (χ2v) is 6.23. The molecule has 2 aromatic rings. The van der Waals surface area contributed by atoms with E-state index < -0.39 is 11.8 Å². The van der Waals surface area contributed by atoms with Gasteiger partial charge in [0.15, 0.2) is 6.61 Å². The molecule has 6 nitrogen and oxygen atoms in total. The summed E-state index contributed by atoms with van der Waals surface area (Å²) in [6.45, 7) is 7.86. The van der Waals surface area contributed by atoms with Gasteiger partial charge in [-0.05, 0) is 36.1 Å². The van der Waals surface area contributed by atoms with Crippen molar-refractivity contribution in [1.29, 1.82) is 0 Å². The molecule has 0 bridgehead atoms. The van der Waals surface area contributed by atoms with Gasteiger partial charge in [0.05, 0.1) is 5.56 Å². The molecule has 0 aliphatic heterocycles. The third kappa shape index (κ3) is 5.87. The second kappa shape index (κ2) is 10.8. The summed E-state index contributed by atoms with van der Waals surface area (Å²) in [5.74, 6) is 0.463. The first-order valence-corrected chi connectivity index (χ1v) is 9.20. The van der Waals surface area contributed by atoms with Gasteiger partial charge in [0, 0.05) is 0 Å². The number of ether oxygens (including phenoxy) is 2. The summed E-state index contributed by atoms with van der Waals surface area (Å²) in [5.41, 5.74) is 6.10. The molecule has 2 N–H and O–H groups in total. The fraction of sp³-hybridized carbons (Fsp3) is 0.273. The van der Waals surface area contributed by atoms with Crippen molar-refractivity contribution in [2.75, 3.05) is 13.2 Å². The Labute approximate surface area is 165 Å². The first-order chi connectivity index (χ1) is 13.6. The summed E-state index contributed by atoms with van der Waals surface area (Å²) >= 11 is 0. The lowest BCUT2D eigenvalue weighted by Crippen LogP contribution is -2.44. The van der Waals surface area contributed by atoms with Gasteiger partial charge in [-0.25, -0.2) is 0 Å². The van der Waals surface area contributed by atoms with E-state index in [0.717, 1.165) is 12.0 Å². The van der Waals surface area contributed by atoms with E-state index in [0.29, 0.717) is 23.0 Å². The maximum absolute atomic E-state index is 12.3. The molecule has 1 unspecified atom stereocenters. The number of para-hydroxylation sites is 2. The summed E-state index contributed by atoms with van der Waals surface area (Å²) in [7, 11) is 0. The van der Waals surface area contributed by atoms with E-state index in [-0.39, 0.29) is 13.2 Å². The molecule has 6 heteroatoms. The van der Waals surface area contributed by atoms with Crippen LogP contribution in [0.4, 0.5) is 0 Å². The molecule has 0 aliphatic rings. The summed E-state index contributed by atoms with van der Waals surface area (Å²) in [4.78, 5) is 24.4. The minimum atomic E-state index is -0.479. The second-order valence-electron chi connectivity index (χ2n) is 6.23. The van der Waals surface area contributed by atoms with E-state index in [1.165, 1.54) is 0 Å². The number of rotatable bonds is 9. The van der Waals surface area contributed by atoms with Gasteiger partial charge in [0.2, 0.25) is 0 Å². The predicted octanol–water partition coefficient (Wildman–Crippen LogP) is 3.60. The molecule has 0 aliphatic carbocycles. The smallest absolute Gasteiger partial charge is 0.276 e. The Kier molecular flexibility index (Phi) is 8.09. The van der Waals surface area contributed by atoms with E-state index in [4.69, 9.17) is 9.47 Å². The number of carbonyl (C=O) groups is 2. The molecule has 2 aromatic carbocycles. The molecular formula is C22H26N2O4. The zero-order valence-electron chi connectivity index (χ0n) is 16.2.